The molecule has 2 atom stereocenters. The lowest BCUT2D eigenvalue weighted by Crippen LogP contribution is -2.35. The van der Waals surface area contributed by atoms with E-state index in [4.69, 9.17) is 14.2 Å². The van der Waals surface area contributed by atoms with Crippen molar-refractivity contribution in [1.82, 2.24) is 0 Å². The largest absolute Gasteiger partial charge is 0.465 e. The number of ether oxygens (including phenoxy) is 3. The van der Waals surface area contributed by atoms with Crippen LogP contribution in [-0.2, 0) is 31.5 Å². The average Bonchev–Trinajstić information content (AvgIpc) is 2.85. The van der Waals surface area contributed by atoms with Crippen molar-refractivity contribution < 1.29 is 19.0 Å². The SMILES string of the molecule is CCOC1CC(c2ccc(C(=O)OC)cc2)C2=C(O1)c1cc3c(cc1CC2)C(C)(C)CCC3(C)C. The van der Waals surface area contributed by atoms with E-state index in [0.717, 1.165) is 25.0 Å². The molecule has 35 heavy (non-hydrogen) atoms. The molecule has 2 aromatic carbocycles. The third-order valence-corrected chi connectivity index (χ3v) is 8.46. The fraction of sp³-hybridized carbons (Fsp3) is 0.516. The molecule has 0 radical (unpaired) electrons. The molecule has 1 heterocycles. The molecule has 186 valence electrons. The van der Waals surface area contributed by atoms with Crippen LogP contribution in [0, 0.1) is 0 Å². The van der Waals surface area contributed by atoms with E-state index in [-0.39, 0.29) is 29.0 Å². The first-order chi connectivity index (χ1) is 16.6. The molecule has 2 aromatic rings. The molecule has 1 aliphatic heterocycles. The predicted molar refractivity (Wildman–Crippen MR) is 139 cm³/mol. The Kier molecular flexibility index (Phi) is 6.07. The zero-order chi connectivity index (χ0) is 25.0. The zero-order valence-electron chi connectivity index (χ0n) is 22.0. The summed E-state index contributed by atoms with van der Waals surface area (Å²) in [6.45, 7) is 12.2. The van der Waals surface area contributed by atoms with Crippen LogP contribution in [0.2, 0.25) is 0 Å². The van der Waals surface area contributed by atoms with E-state index in [0.29, 0.717) is 12.2 Å². The number of allylic oxidation sites excluding steroid dienone is 1. The fourth-order valence-electron chi connectivity index (χ4n) is 6.21. The van der Waals surface area contributed by atoms with E-state index in [9.17, 15) is 4.79 Å². The van der Waals surface area contributed by atoms with Crippen molar-refractivity contribution in [3.8, 4) is 0 Å². The first-order valence-corrected chi connectivity index (χ1v) is 13.0. The van der Waals surface area contributed by atoms with Crippen LogP contribution in [-0.4, -0.2) is 26.0 Å². The third-order valence-electron chi connectivity index (χ3n) is 8.46. The summed E-state index contributed by atoms with van der Waals surface area (Å²) in [5, 5.41) is 0. The maximum absolute atomic E-state index is 11.9. The van der Waals surface area contributed by atoms with Crippen LogP contribution < -0.4 is 0 Å². The van der Waals surface area contributed by atoms with Gasteiger partial charge >= 0.3 is 5.97 Å². The molecule has 4 heteroatoms. The van der Waals surface area contributed by atoms with E-state index >= 15 is 0 Å². The molecule has 2 unspecified atom stereocenters. The van der Waals surface area contributed by atoms with Gasteiger partial charge in [0.05, 0.1) is 12.7 Å². The number of carbonyl (C=O) groups is 1. The molecule has 0 amide bonds. The number of aryl methyl sites for hydroxylation is 1. The van der Waals surface area contributed by atoms with Gasteiger partial charge in [0, 0.05) is 24.5 Å². The second-order valence-corrected chi connectivity index (χ2v) is 11.6. The van der Waals surface area contributed by atoms with E-state index in [1.54, 1.807) is 0 Å². The quantitative estimate of drug-likeness (QED) is 0.446. The number of benzene rings is 2. The van der Waals surface area contributed by atoms with E-state index < -0.39 is 0 Å². The molecule has 3 aliphatic rings. The molecule has 0 fully saturated rings. The lowest BCUT2D eigenvalue weighted by Gasteiger charge is -2.44. The van der Waals surface area contributed by atoms with Crippen LogP contribution in [0.25, 0.3) is 5.76 Å². The van der Waals surface area contributed by atoms with Crippen molar-refractivity contribution in [3.63, 3.8) is 0 Å². The van der Waals surface area contributed by atoms with Gasteiger partial charge < -0.3 is 14.2 Å². The summed E-state index contributed by atoms with van der Waals surface area (Å²) in [6, 6.07) is 12.8. The summed E-state index contributed by atoms with van der Waals surface area (Å²) in [5.74, 6) is 0.910. The first-order valence-electron chi connectivity index (χ1n) is 13.0. The lowest BCUT2D eigenvalue weighted by molar-refractivity contribution is -0.106. The Morgan fingerprint density at radius 3 is 2.29 bits per heavy atom. The second kappa shape index (κ2) is 8.81. The maximum atomic E-state index is 11.9. The van der Waals surface area contributed by atoms with Gasteiger partial charge in [-0.3, -0.25) is 0 Å². The highest BCUT2D eigenvalue weighted by molar-refractivity contribution is 5.89. The van der Waals surface area contributed by atoms with Gasteiger partial charge in [-0.1, -0.05) is 45.9 Å². The van der Waals surface area contributed by atoms with Gasteiger partial charge in [0.2, 0.25) is 6.29 Å². The fourth-order valence-corrected chi connectivity index (χ4v) is 6.21. The normalized spacial score (nSPS) is 24.1. The molecular formula is C31H38O4. The van der Waals surface area contributed by atoms with Gasteiger partial charge in [-0.15, -0.1) is 0 Å². The molecule has 0 aromatic heterocycles. The predicted octanol–water partition coefficient (Wildman–Crippen LogP) is 7.05. The van der Waals surface area contributed by atoms with E-state index in [1.165, 1.54) is 53.3 Å². The minimum Gasteiger partial charge on any atom is -0.465 e. The average molecular weight is 475 g/mol. The van der Waals surface area contributed by atoms with Gasteiger partial charge in [0.1, 0.15) is 5.76 Å². The third kappa shape index (κ3) is 4.20. The van der Waals surface area contributed by atoms with Crippen LogP contribution in [0.15, 0.2) is 42.0 Å². The van der Waals surface area contributed by atoms with Gasteiger partial charge in [-0.2, -0.15) is 0 Å². The first kappa shape index (κ1) is 24.1. The van der Waals surface area contributed by atoms with Crippen LogP contribution in [0.1, 0.15) is 104 Å². The van der Waals surface area contributed by atoms with Crippen molar-refractivity contribution >= 4 is 11.7 Å². The number of esters is 1. The Bertz CT molecular complexity index is 1170. The molecule has 0 bridgehead atoms. The maximum Gasteiger partial charge on any atom is 0.337 e. The number of fused-ring (bicyclic) bond motifs is 3. The van der Waals surface area contributed by atoms with Gasteiger partial charge in [0.25, 0.3) is 0 Å². The monoisotopic (exact) mass is 474 g/mol. The molecule has 2 aliphatic carbocycles. The summed E-state index contributed by atoms with van der Waals surface area (Å²) in [7, 11) is 1.42. The number of methoxy groups -OCH3 is 1. The molecule has 4 nitrogen and oxygen atoms in total. The van der Waals surface area contributed by atoms with Crippen molar-refractivity contribution in [1.29, 1.82) is 0 Å². The smallest absolute Gasteiger partial charge is 0.337 e. The number of rotatable bonds is 4. The molecule has 0 saturated heterocycles. The minimum absolute atomic E-state index is 0.148. The standard InChI is InChI=1S/C31H38O4/c1-7-34-27-18-23(19-8-10-20(11-9-19)29(32)33-6)22-13-12-21-16-25-26(17-24(21)28(22)35-27)31(4,5)15-14-30(25,2)3/h8-11,16-17,23,27H,7,12-15,18H2,1-6H3. The Morgan fingerprint density at radius 2 is 1.66 bits per heavy atom. The summed E-state index contributed by atoms with van der Waals surface area (Å²) in [6.07, 6.45) is 4.91. The van der Waals surface area contributed by atoms with Crippen LogP contribution in [0.4, 0.5) is 0 Å². The number of hydrogen-bond acceptors (Lipinski definition) is 4. The van der Waals surface area contributed by atoms with Crippen molar-refractivity contribution in [3.05, 3.63) is 75.4 Å². The van der Waals surface area contributed by atoms with Crippen LogP contribution in [0.5, 0.6) is 0 Å². The Morgan fingerprint density at radius 1 is 1.00 bits per heavy atom. The summed E-state index contributed by atoms with van der Waals surface area (Å²) < 4.78 is 17.5. The summed E-state index contributed by atoms with van der Waals surface area (Å²) in [4.78, 5) is 11.9. The van der Waals surface area contributed by atoms with Crippen LogP contribution in [0.3, 0.4) is 0 Å². The highest BCUT2D eigenvalue weighted by atomic mass is 16.7. The molecule has 0 saturated carbocycles. The summed E-state index contributed by atoms with van der Waals surface area (Å²) >= 11 is 0. The Labute approximate surface area is 209 Å². The van der Waals surface area contributed by atoms with Gasteiger partial charge in [-0.05, 0) is 89.5 Å². The van der Waals surface area contributed by atoms with E-state index in [1.807, 2.05) is 19.1 Å². The topological polar surface area (TPSA) is 44.8 Å². The van der Waals surface area contributed by atoms with Crippen molar-refractivity contribution in [2.24, 2.45) is 0 Å². The molecule has 0 spiro atoms. The van der Waals surface area contributed by atoms with Crippen LogP contribution >= 0.6 is 0 Å². The molecule has 0 N–H and O–H groups in total. The van der Waals surface area contributed by atoms with Crippen molar-refractivity contribution in [2.45, 2.75) is 89.8 Å². The summed E-state index contributed by atoms with van der Waals surface area (Å²) in [5.41, 5.74) is 9.07. The zero-order valence-corrected chi connectivity index (χ0v) is 22.0. The Balaban J connectivity index is 1.61. The lowest BCUT2D eigenvalue weighted by atomic mass is 9.62. The highest BCUT2D eigenvalue weighted by Gasteiger charge is 2.41. The Hall–Kier alpha value is -2.59. The molecule has 5 rings (SSSR count). The second-order valence-electron chi connectivity index (χ2n) is 11.6. The minimum atomic E-state index is -0.308. The van der Waals surface area contributed by atoms with Gasteiger partial charge in [0.15, 0.2) is 0 Å². The highest BCUT2D eigenvalue weighted by Crippen LogP contribution is 2.51. The molecular weight excluding hydrogens is 436 g/mol. The van der Waals surface area contributed by atoms with Gasteiger partial charge in [-0.25, -0.2) is 4.79 Å². The van der Waals surface area contributed by atoms with E-state index in [2.05, 4.69) is 52.0 Å². The van der Waals surface area contributed by atoms with Crippen molar-refractivity contribution in [2.75, 3.05) is 13.7 Å². The number of carbonyl (C=O) groups excluding carboxylic acids is 1. The number of hydrogen-bond donors (Lipinski definition) is 0.